The maximum Gasteiger partial charge on any atom is 0.272 e. The van der Waals surface area contributed by atoms with Crippen molar-refractivity contribution in [3.8, 4) is 5.75 Å². The van der Waals surface area contributed by atoms with E-state index < -0.39 is 0 Å². The molecule has 0 saturated heterocycles. The lowest BCUT2D eigenvalue weighted by atomic mass is 10.2. The van der Waals surface area contributed by atoms with Crippen LogP contribution in [0.4, 0.5) is 0 Å². The van der Waals surface area contributed by atoms with Gasteiger partial charge >= 0.3 is 0 Å². The van der Waals surface area contributed by atoms with Crippen molar-refractivity contribution < 1.29 is 9.53 Å². The predicted octanol–water partition coefficient (Wildman–Crippen LogP) is 2.21. The molecule has 2 aromatic heterocycles. The zero-order valence-electron chi connectivity index (χ0n) is 13.6. The Balaban J connectivity index is 1.35. The molecule has 25 heavy (non-hydrogen) atoms. The van der Waals surface area contributed by atoms with E-state index in [2.05, 4.69) is 15.4 Å². The average Bonchev–Trinajstić information content (AvgIpc) is 3.20. The fourth-order valence-corrected chi connectivity index (χ4v) is 2.94. The number of hydrogen-bond donors (Lipinski definition) is 1. The highest BCUT2D eigenvalue weighted by atomic mass is 16.5. The number of nitrogens with one attached hydrogen (secondary N) is 1. The Morgan fingerprint density at radius 2 is 2.00 bits per heavy atom. The van der Waals surface area contributed by atoms with E-state index >= 15 is 0 Å². The molecule has 1 aliphatic heterocycles. The lowest BCUT2D eigenvalue weighted by Gasteiger charge is -2.12. The summed E-state index contributed by atoms with van der Waals surface area (Å²) in [6.45, 7) is 1.14. The van der Waals surface area contributed by atoms with Crippen molar-refractivity contribution in [2.45, 2.75) is 25.6 Å². The first kappa shape index (κ1) is 15.4. The quantitative estimate of drug-likeness (QED) is 0.777. The fourth-order valence-electron chi connectivity index (χ4n) is 2.94. The lowest BCUT2D eigenvalue weighted by Crippen LogP contribution is -2.24. The van der Waals surface area contributed by atoms with Crippen LogP contribution in [0.15, 0.2) is 60.9 Å². The van der Waals surface area contributed by atoms with Crippen LogP contribution in [0.5, 0.6) is 5.75 Å². The highest BCUT2D eigenvalue weighted by Gasteiger charge is 2.26. The molecule has 1 N–H and O–H groups in total. The topological polar surface area (TPSA) is 69.0 Å². The molecule has 0 radical (unpaired) electrons. The van der Waals surface area contributed by atoms with E-state index in [1.807, 2.05) is 53.2 Å². The maximum atomic E-state index is 12.3. The molecule has 0 aliphatic carbocycles. The van der Waals surface area contributed by atoms with Gasteiger partial charge in [-0.1, -0.05) is 30.3 Å². The van der Waals surface area contributed by atoms with E-state index in [-0.39, 0.29) is 12.0 Å². The molecule has 6 nitrogen and oxygen atoms in total. The van der Waals surface area contributed by atoms with Gasteiger partial charge in [0.25, 0.3) is 5.91 Å². The standard InChI is InChI=1S/C19H18N4O2/c24-19(21-12-14-4-2-1-3-5-14)18-11-15-10-17(13-23(15)22-18)25-16-6-8-20-9-7-16/h1-9,11,17H,10,12-13H2,(H,21,24). The molecular weight excluding hydrogens is 316 g/mol. The van der Waals surface area contributed by atoms with Crippen LogP contribution in [0.2, 0.25) is 0 Å². The van der Waals surface area contributed by atoms with E-state index in [1.165, 1.54) is 0 Å². The molecule has 1 amide bonds. The highest BCUT2D eigenvalue weighted by molar-refractivity contribution is 5.92. The third-order valence-corrected chi connectivity index (χ3v) is 4.16. The van der Waals surface area contributed by atoms with Gasteiger partial charge in [0.15, 0.2) is 0 Å². The zero-order valence-corrected chi connectivity index (χ0v) is 13.6. The van der Waals surface area contributed by atoms with E-state index in [1.54, 1.807) is 12.4 Å². The van der Waals surface area contributed by atoms with Gasteiger partial charge in [0.2, 0.25) is 0 Å². The zero-order chi connectivity index (χ0) is 17.1. The summed E-state index contributed by atoms with van der Waals surface area (Å²) in [6.07, 6.45) is 4.18. The van der Waals surface area contributed by atoms with Crippen LogP contribution in [-0.4, -0.2) is 26.8 Å². The van der Waals surface area contributed by atoms with Gasteiger partial charge in [-0.05, 0) is 23.8 Å². The van der Waals surface area contributed by atoms with Crippen molar-refractivity contribution in [3.05, 3.63) is 77.9 Å². The number of ether oxygens (including phenoxy) is 1. The van der Waals surface area contributed by atoms with Crippen molar-refractivity contribution in [1.29, 1.82) is 0 Å². The minimum Gasteiger partial charge on any atom is -0.488 e. The monoisotopic (exact) mass is 334 g/mol. The van der Waals surface area contributed by atoms with Gasteiger partial charge < -0.3 is 10.1 Å². The Kier molecular flexibility index (Phi) is 4.16. The second-order valence-electron chi connectivity index (χ2n) is 6.00. The van der Waals surface area contributed by atoms with Gasteiger partial charge in [-0.25, -0.2) is 0 Å². The van der Waals surface area contributed by atoms with Gasteiger partial charge in [0, 0.05) is 31.1 Å². The lowest BCUT2D eigenvalue weighted by molar-refractivity contribution is 0.0944. The summed E-state index contributed by atoms with van der Waals surface area (Å²) in [5, 5.41) is 7.31. The third-order valence-electron chi connectivity index (χ3n) is 4.16. The van der Waals surface area contributed by atoms with Gasteiger partial charge in [0.05, 0.1) is 6.54 Å². The first-order valence-electron chi connectivity index (χ1n) is 8.23. The second-order valence-corrected chi connectivity index (χ2v) is 6.00. The van der Waals surface area contributed by atoms with Crippen molar-refractivity contribution in [2.75, 3.05) is 0 Å². The van der Waals surface area contributed by atoms with Crippen LogP contribution < -0.4 is 10.1 Å². The van der Waals surface area contributed by atoms with Crippen LogP contribution in [0, 0.1) is 0 Å². The first-order chi connectivity index (χ1) is 12.3. The molecule has 1 unspecified atom stereocenters. The Morgan fingerprint density at radius 1 is 1.20 bits per heavy atom. The number of carbonyl (C=O) groups is 1. The third kappa shape index (κ3) is 3.52. The Morgan fingerprint density at radius 3 is 2.76 bits per heavy atom. The molecule has 126 valence electrons. The summed E-state index contributed by atoms with van der Waals surface area (Å²) < 4.78 is 7.77. The van der Waals surface area contributed by atoms with Gasteiger partial charge in [-0.2, -0.15) is 5.10 Å². The molecular formula is C19H18N4O2. The summed E-state index contributed by atoms with van der Waals surface area (Å²) in [6, 6.07) is 15.3. The number of fused-ring (bicyclic) bond motifs is 1. The number of aromatic nitrogens is 3. The molecule has 6 heteroatoms. The highest BCUT2D eigenvalue weighted by Crippen LogP contribution is 2.21. The molecule has 1 aromatic carbocycles. The number of hydrogen-bond acceptors (Lipinski definition) is 4. The number of rotatable bonds is 5. The summed E-state index contributed by atoms with van der Waals surface area (Å²) in [7, 11) is 0. The van der Waals surface area contributed by atoms with E-state index in [0.717, 1.165) is 23.4 Å². The van der Waals surface area contributed by atoms with Crippen LogP contribution >= 0.6 is 0 Å². The summed E-state index contributed by atoms with van der Waals surface area (Å²) in [5.74, 6) is 0.643. The fraction of sp³-hybridized carbons (Fsp3) is 0.211. The molecule has 0 saturated carbocycles. The normalized spacial score (nSPS) is 15.6. The summed E-state index contributed by atoms with van der Waals surface area (Å²) >= 11 is 0. The predicted molar refractivity (Wildman–Crippen MR) is 92.2 cm³/mol. The Bertz CT molecular complexity index is 838. The number of carbonyl (C=O) groups excluding carboxylic acids is 1. The Hall–Kier alpha value is -3.15. The second kappa shape index (κ2) is 6.76. The van der Waals surface area contributed by atoms with Gasteiger partial charge in [-0.15, -0.1) is 0 Å². The van der Waals surface area contributed by atoms with Crippen molar-refractivity contribution in [2.24, 2.45) is 0 Å². The number of benzene rings is 1. The van der Waals surface area contributed by atoms with E-state index in [9.17, 15) is 4.79 Å². The number of nitrogens with zero attached hydrogens (tertiary/aromatic N) is 3. The summed E-state index contributed by atoms with van der Waals surface area (Å²) in [5.41, 5.74) is 2.53. The SMILES string of the molecule is O=C(NCc1ccccc1)c1cc2n(n1)CC(Oc1ccncc1)C2. The van der Waals surface area contributed by atoms with Crippen LogP contribution in [-0.2, 0) is 19.5 Å². The number of amides is 1. The van der Waals surface area contributed by atoms with E-state index in [0.29, 0.717) is 18.8 Å². The smallest absolute Gasteiger partial charge is 0.272 e. The molecule has 0 fully saturated rings. The Labute approximate surface area is 145 Å². The minimum atomic E-state index is -0.155. The molecule has 3 aromatic rings. The first-order valence-corrected chi connectivity index (χ1v) is 8.23. The summed E-state index contributed by atoms with van der Waals surface area (Å²) in [4.78, 5) is 16.2. The van der Waals surface area contributed by atoms with Crippen LogP contribution in [0.3, 0.4) is 0 Å². The van der Waals surface area contributed by atoms with Crippen molar-refractivity contribution in [3.63, 3.8) is 0 Å². The molecule has 0 bridgehead atoms. The number of pyridine rings is 1. The van der Waals surface area contributed by atoms with Gasteiger partial charge in [0.1, 0.15) is 17.5 Å². The van der Waals surface area contributed by atoms with Crippen molar-refractivity contribution in [1.82, 2.24) is 20.1 Å². The minimum absolute atomic E-state index is 0.0336. The molecule has 0 spiro atoms. The van der Waals surface area contributed by atoms with Crippen LogP contribution in [0.1, 0.15) is 21.7 Å². The average molecular weight is 334 g/mol. The van der Waals surface area contributed by atoms with E-state index in [4.69, 9.17) is 4.74 Å². The van der Waals surface area contributed by atoms with Gasteiger partial charge in [-0.3, -0.25) is 14.5 Å². The van der Waals surface area contributed by atoms with Crippen LogP contribution in [0.25, 0.3) is 0 Å². The molecule has 1 aliphatic rings. The van der Waals surface area contributed by atoms with Crippen molar-refractivity contribution >= 4 is 5.91 Å². The largest absolute Gasteiger partial charge is 0.488 e. The molecule has 1 atom stereocenters. The maximum absolute atomic E-state index is 12.3. The molecule has 4 rings (SSSR count). The molecule has 3 heterocycles.